The fourth-order valence-electron chi connectivity index (χ4n) is 6.73. The summed E-state index contributed by atoms with van der Waals surface area (Å²) >= 11 is 3.38. The average Bonchev–Trinajstić information content (AvgIpc) is 3.62. The topological polar surface area (TPSA) is 44.9 Å². The molecule has 6 heteroatoms. The van der Waals surface area contributed by atoms with E-state index in [0.29, 0.717) is 0 Å². The Balaban J connectivity index is 1.58. The largest absolute Gasteiger partial charge is 0.486 e. The molecule has 3 aromatic rings. The van der Waals surface area contributed by atoms with Gasteiger partial charge in [0.1, 0.15) is 0 Å². The molecule has 4 nitrogen and oxygen atoms in total. The average molecular weight is 601 g/mol. The minimum absolute atomic E-state index is 0.140. The maximum Gasteiger partial charge on any atom is 0.333 e. The van der Waals surface area contributed by atoms with Crippen LogP contribution in [0.2, 0.25) is 0 Å². The molecule has 0 bridgehead atoms. The molecular formula is C36H44N2O2S2. The fourth-order valence-corrected chi connectivity index (χ4v) is 8.81. The molecule has 0 amide bonds. The number of hydrogen-bond acceptors (Lipinski definition) is 4. The van der Waals surface area contributed by atoms with Gasteiger partial charge in [-0.15, -0.1) is 22.7 Å². The number of aliphatic carboxylic acids is 1. The van der Waals surface area contributed by atoms with Gasteiger partial charge in [-0.3, -0.25) is 4.79 Å². The van der Waals surface area contributed by atoms with Gasteiger partial charge in [0.15, 0.2) is 0 Å². The van der Waals surface area contributed by atoms with Gasteiger partial charge in [0.05, 0.1) is 6.57 Å². The summed E-state index contributed by atoms with van der Waals surface area (Å²) < 4.78 is 0. The Kier molecular flexibility index (Phi) is 9.02. The normalized spacial score (nSPS) is 17.1. The van der Waals surface area contributed by atoms with E-state index < -0.39 is 5.97 Å². The zero-order valence-electron chi connectivity index (χ0n) is 25.8. The number of carboxylic acid groups (broad SMARTS) is 1. The van der Waals surface area contributed by atoms with E-state index in [1.807, 2.05) is 23.5 Å². The van der Waals surface area contributed by atoms with Crippen molar-refractivity contribution >= 4 is 40.4 Å². The number of carbonyl (C=O) groups is 1. The van der Waals surface area contributed by atoms with Gasteiger partial charge < -0.3 is 10.0 Å². The van der Waals surface area contributed by atoms with Gasteiger partial charge in [0.2, 0.25) is 0 Å². The molecular weight excluding hydrogens is 557 g/mol. The molecule has 0 aliphatic carbocycles. The van der Waals surface area contributed by atoms with Crippen molar-refractivity contribution < 1.29 is 9.90 Å². The fraction of sp³-hybridized carbons (Fsp3) is 0.500. The minimum atomic E-state index is -1.18. The zero-order chi connectivity index (χ0) is 30.1. The first kappa shape index (κ1) is 30.6. The highest BCUT2D eigenvalue weighted by Crippen LogP contribution is 2.53. The molecule has 4 heterocycles. The van der Waals surface area contributed by atoms with Crippen molar-refractivity contribution in [2.75, 3.05) is 18.0 Å². The van der Waals surface area contributed by atoms with Crippen LogP contribution in [0.4, 0.5) is 5.69 Å². The lowest BCUT2D eigenvalue weighted by atomic mass is 9.67. The monoisotopic (exact) mass is 600 g/mol. The molecule has 2 aliphatic rings. The number of unbranched alkanes of at least 4 members (excludes halogenated alkanes) is 5. The molecule has 0 radical (unpaired) electrons. The van der Waals surface area contributed by atoms with Gasteiger partial charge in [0, 0.05) is 38.3 Å². The third kappa shape index (κ3) is 6.10. The number of hydrogen-bond donors (Lipinski definition) is 1. The number of rotatable bonds is 11. The minimum Gasteiger partial charge on any atom is -0.486 e. The first-order valence-corrected chi connectivity index (χ1v) is 17.2. The Morgan fingerprint density at radius 2 is 1.60 bits per heavy atom. The molecule has 0 atom stereocenters. The van der Waals surface area contributed by atoms with E-state index in [4.69, 9.17) is 6.57 Å². The summed E-state index contributed by atoms with van der Waals surface area (Å²) in [6.07, 6.45) is 12.8. The summed E-state index contributed by atoms with van der Waals surface area (Å²) in [5, 5.41) is 9.27. The van der Waals surface area contributed by atoms with Crippen molar-refractivity contribution in [2.24, 2.45) is 0 Å². The molecule has 42 heavy (non-hydrogen) atoms. The predicted molar refractivity (Wildman–Crippen MR) is 180 cm³/mol. The van der Waals surface area contributed by atoms with Gasteiger partial charge in [-0.1, -0.05) is 66.7 Å². The van der Waals surface area contributed by atoms with Crippen LogP contribution in [0.5, 0.6) is 0 Å². The molecule has 0 fully saturated rings. The first-order chi connectivity index (χ1) is 20.1. The molecule has 5 rings (SSSR count). The third-order valence-corrected chi connectivity index (χ3v) is 11.6. The quantitative estimate of drug-likeness (QED) is 0.135. The van der Waals surface area contributed by atoms with Crippen molar-refractivity contribution in [3.63, 3.8) is 0 Å². The van der Waals surface area contributed by atoms with Crippen LogP contribution in [-0.4, -0.2) is 24.2 Å². The summed E-state index contributed by atoms with van der Waals surface area (Å²) in [4.78, 5) is 21.6. The number of thiophene rings is 2. The molecule has 0 saturated heterocycles. The predicted octanol–water partition coefficient (Wildman–Crippen LogP) is 10.6. The lowest BCUT2D eigenvalue weighted by Gasteiger charge is -2.49. The van der Waals surface area contributed by atoms with Crippen LogP contribution in [0, 0.1) is 6.57 Å². The van der Waals surface area contributed by atoms with Gasteiger partial charge in [-0.05, 0) is 95.2 Å². The molecule has 1 aromatic carbocycles. The molecule has 0 saturated carbocycles. The van der Waals surface area contributed by atoms with Crippen LogP contribution < -0.4 is 4.90 Å². The Bertz CT molecular complexity index is 1530. The van der Waals surface area contributed by atoms with Gasteiger partial charge in [-0.2, -0.15) is 0 Å². The van der Waals surface area contributed by atoms with E-state index in [0.717, 1.165) is 29.3 Å². The molecule has 0 unspecified atom stereocenters. The SMILES string of the molecule is [C-]#[N+]C(=Cc1ccc(-c2ccc(-c3cc4c5c(c3CCCCCCCC)C(C)(C)CCN5CCC4(C)C)s2)s1)C(=O)O. The maximum absolute atomic E-state index is 11.3. The second kappa shape index (κ2) is 12.4. The van der Waals surface area contributed by atoms with E-state index in [1.165, 1.54) is 84.0 Å². The van der Waals surface area contributed by atoms with Crippen LogP contribution in [0.15, 0.2) is 36.0 Å². The molecule has 1 N–H and O–H groups in total. The van der Waals surface area contributed by atoms with E-state index in [1.54, 1.807) is 22.5 Å². The van der Waals surface area contributed by atoms with E-state index in [-0.39, 0.29) is 16.5 Å². The second-order valence-corrected chi connectivity index (χ2v) is 15.5. The summed E-state index contributed by atoms with van der Waals surface area (Å²) in [6.45, 7) is 21.5. The van der Waals surface area contributed by atoms with Crippen molar-refractivity contribution in [1.29, 1.82) is 0 Å². The highest BCUT2D eigenvalue weighted by Gasteiger charge is 2.42. The van der Waals surface area contributed by atoms with Crippen LogP contribution in [0.3, 0.4) is 0 Å². The summed E-state index contributed by atoms with van der Waals surface area (Å²) in [5.74, 6) is -1.18. The Hall–Kier alpha value is -2.88. The van der Waals surface area contributed by atoms with Gasteiger partial charge in [-0.25, -0.2) is 4.85 Å². The van der Waals surface area contributed by atoms with E-state index >= 15 is 0 Å². The van der Waals surface area contributed by atoms with Crippen LogP contribution >= 0.6 is 22.7 Å². The number of anilines is 1. The second-order valence-electron chi connectivity index (χ2n) is 13.3. The van der Waals surface area contributed by atoms with Gasteiger partial charge in [0.25, 0.3) is 5.70 Å². The van der Waals surface area contributed by atoms with Crippen LogP contribution in [-0.2, 0) is 22.0 Å². The first-order valence-electron chi connectivity index (χ1n) is 15.5. The molecule has 222 valence electrons. The molecule has 2 aromatic heterocycles. The molecule has 2 aliphatic heterocycles. The van der Waals surface area contributed by atoms with Crippen molar-refractivity contribution in [1.82, 2.24) is 0 Å². The Labute approximate surface area is 259 Å². The highest BCUT2D eigenvalue weighted by atomic mass is 32.1. The van der Waals surface area contributed by atoms with Crippen LogP contribution in [0.25, 0.3) is 31.1 Å². The highest BCUT2D eigenvalue weighted by molar-refractivity contribution is 7.24. The van der Waals surface area contributed by atoms with Gasteiger partial charge >= 0.3 is 5.97 Å². The summed E-state index contributed by atoms with van der Waals surface area (Å²) in [6, 6.07) is 11.0. The van der Waals surface area contributed by atoms with E-state index in [2.05, 4.69) is 62.6 Å². The lowest BCUT2D eigenvalue weighted by molar-refractivity contribution is -0.132. The molecule has 0 spiro atoms. The van der Waals surface area contributed by atoms with E-state index in [9.17, 15) is 9.90 Å². The Morgan fingerprint density at radius 3 is 2.31 bits per heavy atom. The third-order valence-electron chi connectivity index (χ3n) is 9.28. The smallest absolute Gasteiger partial charge is 0.333 e. The standard InChI is InChI=1S/C36H44N2O2S2/c1-7-8-9-10-11-12-13-25-26(23-27-33-32(25)36(4,5)19-21-38(33)20-18-35(27,2)3)29-16-17-31(42-29)30-15-14-24(41-30)22-28(37-6)34(39)40/h14-17,22-23H,7-13,18-21H2,1-5H3,(H,39,40). The summed E-state index contributed by atoms with van der Waals surface area (Å²) in [7, 11) is 0. The summed E-state index contributed by atoms with van der Waals surface area (Å²) in [5.41, 5.74) is 7.64. The van der Waals surface area contributed by atoms with Crippen molar-refractivity contribution in [3.05, 3.63) is 69.0 Å². The number of benzene rings is 1. The van der Waals surface area contributed by atoms with Crippen LogP contribution in [0.1, 0.15) is 108 Å². The van der Waals surface area contributed by atoms with Crippen molar-refractivity contribution in [3.8, 4) is 20.2 Å². The zero-order valence-corrected chi connectivity index (χ0v) is 27.4. The number of nitrogens with zero attached hydrogens (tertiary/aromatic N) is 2. The Morgan fingerprint density at radius 1 is 0.952 bits per heavy atom. The number of carboxylic acids is 1. The van der Waals surface area contributed by atoms with Crippen molar-refractivity contribution in [2.45, 2.75) is 103 Å². The maximum atomic E-state index is 11.3. The lowest BCUT2D eigenvalue weighted by Crippen LogP contribution is -2.45.